The molecule has 5 heteroatoms. The molecule has 2 fully saturated rings. The van der Waals surface area contributed by atoms with E-state index in [4.69, 9.17) is 4.74 Å². The fraction of sp³-hybridized carbons (Fsp3) is 0.300. The van der Waals surface area contributed by atoms with Crippen molar-refractivity contribution in [3.63, 3.8) is 0 Å². The van der Waals surface area contributed by atoms with E-state index in [1.54, 1.807) is 11.8 Å². The first-order valence-corrected chi connectivity index (χ1v) is 9.16. The molecule has 0 aromatic heterocycles. The van der Waals surface area contributed by atoms with Gasteiger partial charge in [0.05, 0.1) is 5.92 Å². The highest BCUT2D eigenvalue weighted by molar-refractivity contribution is 8.00. The van der Waals surface area contributed by atoms with Crippen LogP contribution in [0.3, 0.4) is 0 Å². The van der Waals surface area contributed by atoms with Crippen LogP contribution in [0.25, 0.3) is 0 Å². The van der Waals surface area contributed by atoms with E-state index in [9.17, 15) is 9.59 Å². The molecule has 4 atom stereocenters. The molecular formula is C20H17NO3S. The van der Waals surface area contributed by atoms with Crippen molar-refractivity contribution in [3.05, 3.63) is 65.7 Å². The summed E-state index contributed by atoms with van der Waals surface area (Å²) in [6.45, 7) is 1.84. The average molecular weight is 351 g/mol. The Morgan fingerprint density at radius 1 is 1.00 bits per heavy atom. The van der Waals surface area contributed by atoms with Crippen molar-refractivity contribution in [2.75, 3.05) is 7.05 Å². The first-order chi connectivity index (χ1) is 12.0. The molecule has 0 bridgehead atoms. The van der Waals surface area contributed by atoms with Gasteiger partial charge < -0.3 is 4.74 Å². The summed E-state index contributed by atoms with van der Waals surface area (Å²) in [6.07, 6.45) is 0. The second kappa shape index (κ2) is 4.74. The van der Waals surface area contributed by atoms with Gasteiger partial charge in [0.15, 0.2) is 0 Å². The van der Waals surface area contributed by atoms with E-state index < -0.39 is 28.3 Å². The number of hydrogen-bond acceptors (Lipinski definition) is 5. The molecule has 0 aliphatic carbocycles. The van der Waals surface area contributed by atoms with E-state index in [2.05, 4.69) is 29.2 Å². The largest absolute Gasteiger partial charge is 0.391 e. The van der Waals surface area contributed by atoms with E-state index in [-0.39, 0.29) is 5.92 Å². The molecule has 2 saturated heterocycles. The fourth-order valence-electron chi connectivity index (χ4n) is 4.83. The molecule has 25 heavy (non-hydrogen) atoms. The van der Waals surface area contributed by atoms with Crippen LogP contribution in [0.5, 0.6) is 0 Å². The predicted octanol–water partition coefficient (Wildman–Crippen LogP) is 3.13. The molecule has 3 heterocycles. The molecule has 3 aliphatic rings. The summed E-state index contributed by atoms with van der Waals surface area (Å²) in [5.41, 5.74) is 1.29. The number of rotatable bonds is 1. The van der Waals surface area contributed by atoms with Crippen molar-refractivity contribution in [3.8, 4) is 0 Å². The molecule has 0 saturated carbocycles. The summed E-state index contributed by atoms with van der Waals surface area (Å²) >= 11 is 1.74. The monoisotopic (exact) mass is 351 g/mol. The number of cyclic esters (lactones) is 2. The summed E-state index contributed by atoms with van der Waals surface area (Å²) in [5, 5.41) is 0. The number of carbonyl (C=O) groups is 2. The van der Waals surface area contributed by atoms with Crippen molar-refractivity contribution in [2.24, 2.45) is 5.92 Å². The summed E-state index contributed by atoms with van der Waals surface area (Å²) in [5.74, 6) is -1.46. The number of likely N-dealkylation sites (tertiary alicyclic amines) is 1. The minimum Gasteiger partial charge on any atom is -0.391 e. The van der Waals surface area contributed by atoms with Crippen molar-refractivity contribution >= 4 is 23.7 Å². The lowest BCUT2D eigenvalue weighted by molar-refractivity contribution is -0.157. The Morgan fingerprint density at radius 2 is 1.68 bits per heavy atom. The molecule has 3 aliphatic heterocycles. The second-order valence-corrected chi connectivity index (χ2v) is 8.34. The molecular weight excluding hydrogens is 334 g/mol. The molecule has 2 aromatic rings. The van der Waals surface area contributed by atoms with Crippen molar-refractivity contribution in [1.82, 2.24) is 4.90 Å². The number of likely N-dealkylation sites (N-methyl/N-ethyl adjacent to an activating group) is 1. The minimum absolute atomic E-state index is 0.120. The van der Waals surface area contributed by atoms with Crippen LogP contribution in [0, 0.1) is 5.92 Å². The Kier molecular flexibility index (Phi) is 2.88. The Morgan fingerprint density at radius 3 is 2.44 bits per heavy atom. The van der Waals surface area contributed by atoms with Gasteiger partial charge in [0.2, 0.25) is 0 Å². The van der Waals surface area contributed by atoms with Gasteiger partial charge in [-0.15, -0.1) is 0 Å². The van der Waals surface area contributed by atoms with E-state index in [0.29, 0.717) is 0 Å². The molecule has 0 radical (unpaired) electrons. The van der Waals surface area contributed by atoms with Gasteiger partial charge in [-0.25, -0.2) is 4.79 Å². The van der Waals surface area contributed by atoms with Crippen LogP contribution in [0.15, 0.2) is 59.5 Å². The number of hydrogen-bond donors (Lipinski definition) is 0. The Labute approximate surface area is 150 Å². The maximum Gasteiger partial charge on any atom is 0.334 e. The van der Waals surface area contributed by atoms with Crippen molar-refractivity contribution in [2.45, 2.75) is 28.1 Å². The average Bonchev–Trinajstić information content (AvgIpc) is 3.15. The quantitative estimate of drug-likeness (QED) is 0.583. The highest BCUT2D eigenvalue weighted by Gasteiger charge is 2.75. The normalized spacial score (nSPS) is 36.1. The van der Waals surface area contributed by atoms with Gasteiger partial charge in [-0.1, -0.05) is 60.3 Å². The molecule has 126 valence electrons. The molecule has 2 aromatic carbocycles. The Hall–Kier alpha value is -2.11. The lowest BCUT2D eigenvalue weighted by Crippen LogP contribution is -2.51. The van der Waals surface area contributed by atoms with Crippen LogP contribution < -0.4 is 0 Å². The van der Waals surface area contributed by atoms with Crippen LogP contribution in [-0.4, -0.2) is 29.4 Å². The third-order valence-corrected chi connectivity index (χ3v) is 7.79. The number of nitrogens with zero attached hydrogens (tertiary/aromatic N) is 1. The highest BCUT2D eigenvalue weighted by Crippen LogP contribution is 2.71. The van der Waals surface area contributed by atoms with Crippen LogP contribution in [0.1, 0.15) is 24.0 Å². The van der Waals surface area contributed by atoms with Crippen LogP contribution in [0.2, 0.25) is 0 Å². The SMILES string of the molecule is CN1[C@]2(C)C(=O)OC(=O)[C@@H]2[C@@H]2c3ccccc3S[C@@]21c1ccccc1. The van der Waals surface area contributed by atoms with E-state index in [1.807, 2.05) is 44.3 Å². The smallest absolute Gasteiger partial charge is 0.334 e. The standard InChI is InChI=1S/C20H17NO3S/c1-19-16(17(22)24-18(19)23)15-13-10-6-7-11-14(13)25-20(15,21(19)2)12-8-4-3-5-9-12/h3-11,15-16H,1-2H3/t15-,16-,19-,20-/m0/s1. The molecule has 0 spiro atoms. The molecule has 4 nitrogen and oxygen atoms in total. The van der Waals surface area contributed by atoms with E-state index in [0.717, 1.165) is 16.0 Å². The molecule has 0 unspecified atom stereocenters. The topological polar surface area (TPSA) is 46.6 Å². The summed E-state index contributed by atoms with van der Waals surface area (Å²) in [4.78, 5) is 28.0. The first-order valence-electron chi connectivity index (χ1n) is 8.35. The minimum atomic E-state index is -0.946. The van der Waals surface area contributed by atoms with E-state index >= 15 is 0 Å². The van der Waals surface area contributed by atoms with Crippen LogP contribution in [0.4, 0.5) is 0 Å². The van der Waals surface area contributed by atoms with Gasteiger partial charge in [-0.2, -0.15) is 0 Å². The number of esters is 2. The molecule has 5 rings (SSSR count). The number of thioether (sulfide) groups is 1. The van der Waals surface area contributed by atoms with Crippen LogP contribution in [-0.2, 0) is 19.2 Å². The highest BCUT2D eigenvalue weighted by atomic mass is 32.2. The molecule has 0 amide bonds. The first kappa shape index (κ1) is 15.2. The second-order valence-electron chi connectivity index (χ2n) is 7.07. The number of fused-ring (bicyclic) bond motifs is 5. The van der Waals surface area contributed by atoms with Gasteiger partial charge in [-0.05, 0) is 31.2 Å². The van der Waals surface area contributed by atoms with Gasteiger partial charge in [0, 0.05) is 10.8 Å². The maximum absolute atomic E-state index is 12.7. The van der Waals surface area contributed by atoms with Gasteiger partial charge in [0.1, 0.15) is 10.4 Å². The number of benzene rings is 2. The summed E-state index contributed by atoms with van der Waals surface area (Å²) < 4.78 is 5.08. The van der Waals surface area contributed by atoms with Gasteiger partial charge in [0.25, 0.3) is 0 Å². The summed E-state index contributed by atoms with van der Waals surface area (Å²) in [6, 6.07) is 18.4. The zero-order chi connectivity index (χ0) is 17.4. The van der Waals surface area contributed by atoms with Gasteiger partial charge >= 0.3 is 11.9 Å². The van der Waals surface area contributed by atoms with Crippen LogP contribution >= 0.6 is 11.8 Å². The molecule has 0 N–H and O–H groups in total. The zero-order valence-corrected chi connectivity index (χ0v) is 14.7. The lowest BCUT2D eigenvalue weighted by atomic mass is 9.76. The Balaban J connectivity index is 1.83. The van der Waals surface area contributed by atoms with Gasteiger partial charge in [-0.3, -0.25) is 9.69 Å². The number of ether oxygens (including phenoxy) is 1. The zero-order valence-electron chi connectivity index (χ0n) is 13.9. The fourth-order valence-corrected chi connectivity index (χ4v) is 6.60. The third-order valence-electron chi connectivity index (χ3n) is 6.12. The lowest BCUT2D eigenvalue weighted by Gasteiger charge is -2.40. The Bertz CT molecular complexity index is 914. The van der Waals surface area contributed by atoms with E-state index in [1.165, 1.54) is 0 Å². The summed E-state index contributed by atoms with van der Waals surface area (Å²) in [7, 11) is 1.94. The third kappa shape index (κ3) is 1.59. The number of carbonyl (C=O) groups excluding carboxylic acids is 2. The predicted molar refractivity (Wildman–Crippen MR) is 93.9 cm³/mol. The van der Waals surface area contributed by atoms with Crippen molar-refractivity contribution in [1.29, 1.82) is 0 Å². The van der Waals surface area contributed by atoms with Crippen molar-refractivity contribution < 1.29 is 14.3 Å². The maximum atomic E-state index is 12.7.